The van der Waals surface area contributed by atoms with E-state index in [1.165, 1.54) is 0 Å². The van der Waals surface area contributed by atoms with Gasteiger partial charge in [-0.2, -0.15) is 0 Å². The highest BCUT2D eigenvalue weighted by Gasteiger charge is 2.27. The van der Waals surface area contributed by atoms with Crippen LogP contribution in [0.5, 0.6) is 0 Å². The molecule has 1 aliphatic heterocycles. The summed E-state index contributed by atoms with van der Waals surface area (Å²) < 4.78 is 0.875. The molecule has 1 saturated heterocycles. The third-order valence-electron chi connectivity index (χ3n) is 3.25. The van der Waals surface area contributed by atoms with Crippen LogP contribution in [0.3, 0.4) is 0 Å². The average Bonchev–Trinajstić information content (AvgIpc) is 2.77. The first-order valence-electron chi connectivity index (χ1n) is 5.95. The zero-order valence-electron chi connectivity index (χ0n) is 10.2. The van der Waals surface area contributed by atoms with Gasteiger partial charge in [-0.05, 0) is 38.1 Å². The van der Waals surface area contributed by atoms with Crippen LogP contribution in [-0.2, 0) is 0 Å². The number of halogens is 1. The summed E-state index contributed by atoms with van der Waals surface area (Å²) in [4.78, 5) is 12.8. The minimum absolute atomic E-state index is 0.184. The monoisotopic (exact) mass is 313 g/mol. The van der Waals surface area contributed by atoms with Crippen LogP contribution >= 0.6 is 15.9 Å². The van der Waals surface area contributed by atoms with Crippen molar-refractivity contribution in [1.29, 1.82) is 0 Å². The summed E-state index contributed by atoms with van der Waals surface area (Å²) in [5, 5.41) is 14.2. The molecule has 2 rings (SSSR count). The molecule has 1 N–H and O–H groups in total. The highest BCUT2D eigenvalue weighted by Crippen LogP contribution is 2.34. The van der Waals surface area contributed by atoms with Gasteiger partial charge in [0.25, 0.3) is 5.69 Å². The Balaban J connectivity index is 2.23. The fourth-order valence-electron chi connectivity index (χ4n) is 2.41. The Labute approximate surface area is 114 Å². The lowest BCUT2D eigenvalue weighted by molar-refractivity contribution is -0.384. The van der Waals surface area contributed by atoms with Crippen LogP contribution in [0.15, 0.2) is 22.7 Å². The fourth-order valence-corrected chi connectivity index (χ4v) is 2.76. The molecule has 5 nitrogen and oxygen atoms in total. The molecule has 0 amide bonds. The summed E-state index contributed by atoms with van der Waals surface area (Å²) in [6, 6.07) is 5.10. The Morgan fingerprint density at radius 1 is 1.61 bits per heavy atom. The maximum absolute atomic E-state index is 11.0. The summed E-state index contributed by atoms with van der Waals surface area (Å²) in [5.41, 5.74) is 0.899. The number of hydrogen-bond donors (Lipinski definition) is 1. The quantitative estimate of drug-likeness (QED) is 0.685. The molecule has 0 bridgehead atoms. The molecular formula is C12H16BrN3O2. The van der Waals surface area contributed by atoms with Gasteiger partial charge in [-0.25, -0.2) is 0 Å². The van der Waals surface area contributed by atoms with Crippen LogP contribution in [0.1, 0.15) is 6.42 Å². The molecule has 6 heteroatoms. The molecule has 0 aliphatic carbocycles. The molecule has 1 aromatic rings. The van der Waals surface area contributed by atoms with Crippen molar-refractivity contribution in [3.63, 3.8) is 0 Å². The minimum atomic E-state index is -0.312. The van der Waals surface area contributed by atoms with Gasteiger partial charge in [0.2, 0.25) is 0 Å². The number of hydrogen-bond acceptors (Lipinski definition) is 4. The van der Waals surface area contributed by atoms with E-state index >= 15 is 0 Å². The number of nitro groups is 1. The molecule has 1 unspecified atom stereocenters. The first-order chi connectivity index (χ1) is 8.61. The highest BCUT2D eigenvalue weighted by atomic mass is 79.9. The van der Waals surface area contributed by atoms with Gasteiger partial charge >= 0.3 is 0 Å². The van der Waals surface area contributed by atoms with Crippen LogP contribution in [-0.4, -0.2) is 31.6 Å². The van der Waals surface area contributed by atoms with Crippen molar-refractivity contribution in [3.8, 4) is 0 Å². The van der Waals surface area contributed by atoms with E-state index in [1.54, 1.807) is 12.1 Å². The van der Waals surface area contributed by atoms with Gasteiger partial charge in [0.15, 0.2) is 0 Å². The molecule has 1 atom stereocenters. The Morgan fingerprint density at radius 2 is 2.39 bits per heavy atom. The predicted molar refractivity (Wildman–Crippen MR) is 75.0 cm³/mol. The van der Waals surface area contributed by atoms with Crippen molar-refractivity contribution >= 4 is 27.3 Å². The molecule has 1 fully saturated rings. The number of nitro benzene ring substituents is 1. The summed E-state index contributed by atoms with van der Waals surface area (Å²) in [5.74, 6) is 0.564. The Bertz CT molecular complexity index is 453. The van der Waals surface area contributed by atoms with Crippen LogP contribution in [0.4, 0.5) is 11.4 Å². The van der Waals surface area contributed by atoms with E-state index in [4.69, 9.17) is 0 Å². The molecule has 0 saturated carbocycles. The second kappa shape index (κ2) is 5.67. The van der Waals surface area contributed by atoms with Crippen LogP contribution in [0.2, 0.25) is 0 Å². The van der Waals surface area contributed by atoms with E-state index in [9.17, 15) is 10.1 Å². The normalized spacial score (nSPS) is 19.2. The number of rotatable bonds is 4. The van der Waals surface area contributed by atoms with E-state index in [0.29, 0.717) is 11.6 Å². The van der Waals surface area contributed by atoms with Gasteiger partial charge < -0.3 is 10.2 Å². The van der Waals surface area contributed by atoms with E-state index in [-0.39, 0.29) is 10.6 Å². The second-order valence-electron chi connectivity index (χ2n) is 4.55. The zero-order chi connectivity index (χ0) is 13.1. The summed E-state index contributed by atoms with van der Waals surface area (Å²) in [6.07, 6.45) is 1.07. The van der Waals surface area contributed by atoms with Crippen molar-refractivity contribution < 1.29 is 4.92 Å². The number of nitrogens with one attached hydrogen (secondary N) is 1. The Hall–Kier alpha value is -1.14. The maximum Gasteiger partial charge on any atom is 0.292 e. The van der Waals surface area contributed by atoms with Gasteiger partial charge in [0.1, 0.15) is 5.69 Å². The van der Waals surface area contributed by atoms with E-state index in [1.807, 2.05) is 13.1 Å². The average molecular weight is 314 g/mol. The first-order valence-corrected chi connectivity index (χ1v) is 6.74. The largest absolute Gasteiger partial charge is 0.366 e. The van der Waals surface area contributed by atoms with Crippen LogP contribution in [0.25, 0.3) is 0 Å². The second-order valence-corrected chi connectivity index (χ2v) is 5.46. The Kier molecular flexibility index (Phi) is 4.19. The zero-order valence-corrected chi connectivity index (χ0v) is 11.8. The lowest BCUT2D eigenvalue weighted by atomic mass is 10.1. The van der Waals surface area contributed by atoms with Crippen LogP contribution < -0.4 is 10.2 Å². The number of benzene rings is 1. The molecular weight excluding hydrogens is 298 g/mol. The molecule has 1 aromatic carbocycles. The highest BCUT2D eigenvalue weighted by molar-refractivity contribution is 9.10. The summed E-state index contributed by atoms with van der Waals surface area (Å²) in [7, 11) is 1.93. The van der Waals surface area contributed by atoms with Crippen molar-refractivity contribution in [2.45, 2.75) is 6.42 Å². The molecule has 18 heavy (non-hydrogen) atoms. The fraction of sp³-hybridized carbons (Fsp3) is 0.500. The van der Waals surface area contributed by atoms with Gasteiger partial charge in [0, 0.05) is 23.6 Å². The first kappa shape index (κ1) is 13.3. The van der Waals surface area contributed by atoms with Crippen molar-refractivity contribution in [1.82, 2.24) is 5.32 Å². The predicted octanol–water partition coefficient (Wildman–Crippen LogP) is 2.40. The third-order valence-corrected chi connectivity index (χ3v) is 3.75. The lowest BCUT2D eigenvalue weighted by Crippen LogP contribution is -2.24. The standard InChI is InChI=1S/C12H16BrN3O2/c1-14-7-9-4-5-15(8-9)12-6-10(13)2-3-11(12)16(17)18/h2-3,6,9,14H,4-5,7-8H2,1H3. The minimum Gasteiger partial charge on any atom is -0.366 e. The number of anilines is 1. The van der Waals surface area contributed by atoms with E-state index in [0.717, 1.165) is 30.5 Å². The molecule has 0 aromatic heterocycles. The number of nitrogens with zero attached hydrogens (tertiary/aromatic N) is 2. The van der Waals surface area contributed by atoms with Gasteiger partial charge in [-0.1, -0.05) is 15.9 Å². The molecule has 1 heterocycles. The van der Waals surface area contributed by atoms with Crippen molar-refractivity contribution in [3.05, 3.63) is 32.8 Å². The molecule has 1 aliphatic rings. The van der Waals surface area contributed by atoms with Gasteiger partial charge in [0.05, 0.1) is 4.92 Å². The third kappa shape index (κ3) is 2.81. The summed E-state index contributed by atoms with van der Waals surface area (Å²) in [6.45, 7) is 2.71. The van der Waals surface area contributed by atoms with E-state index < -0.39 is 0 Å². The topological polar surface area (TPSA) is 58.4 Å². The van der Waals surface area contributed by atoms with Gasteiger partial charge in [-0.15, -0.1) is 0 Å². The molecule has 98 valence electrons. The molecule has 0 radical (unpaired) electrons. The Morgan fingerprint density at radius 3 is 3.06 bits per heavy atom. The van der Waals surface area contributed by atoms with E-state index in [2.05, 4.69) is 26.1 Å². The smallest absolute Gasteiger partial charge is 0.292 e. The lowest BCUT2D eigenvalue weighted by Gasteiger charge is -2.18. The SMILES string of the molecule is CNCC1CCN(c2cc(Br)ccc2[N+](=O)[O-])C1. The van der Waals surface area contributed by atoms with Crippen LogP contribution in [0, 0.1) is 16.0 Å². The maximum atomic E-state index is 11.0. The van der Waals surface area contributed by atoms with Crippen molar-refractivity contribution in [2.75, 3.05) is 31.6 Å². The van der Waals surface area contributed by atoms with Crippen molar-refractivity contribution in [2.24, 2.45) is 5.92 Å². The van der Waals surface area contributed by atoms with Gasteiger partial charge in [-0.3, -0.25) is 10.1 Å². The summed E-state index contributed by atoms with van der Waals surface area (Å²) >= 11 is 3.38. The molecule has 0 spiro atoms.